The molecule has 84 valence electrons. The smallest absolute Gasteiger partial charge is 0.0620 e. The summed E-state index contributed by atoms with van der Waals surface area (Å²) in [6.45, 7) is 5.86. The van der Waals surface area contributed by atoms with E-state index in [0.717, 1.165) is 19.1 Å². The first-order valence-electron chi connectivity index (χ1n) is 6.11. The van der Waals surface area contributed by atoms with Crippen LogP contribution >= 0.6 is 0 Å². The summed E-state index contributed by atoms with van der Waals surface area (Å²) in [6, 6.07) is 0.268. The summed E-state index contributed by atoms with van der Waals surface area (Å²) in [7, 11) is 0. The van der Waals surface area contributed by atoms with E-state index in [4.69, 9.17) is 10.5 Å². The lowest BCUT2D eigenvalue weighted by atomic mass is 9.77. The number of hydrogen-bond donors (Lipinski definition) is 1. The summed E-state index contributed by atoms with van der Waals surface area (Å²) >= 11 is 0. The molecule has 2 heteroatoms. The second kappa shape index (κ2) is 6.41. The highest BCUT2D eigenvalue weighted by Crippen LogP contribution is 2.32. The van der Waals surface area contributed by atoms with Gasteiger partial charge in [-0.15, -0.1) is 0 Å². The van der Waals surface area contributed by atoms with E-state index >= 15 is 0 Å². The summed E-state index contributed by atoms with van der Waals surface area (Å²) in [6.07, 6.45) is 6.73. The molecule has 1 aliphatic carbocycles. The van der Waals surface area contributed by atoms with E-state index in [1.54, 1.807) is 0 Å². The average molecular weight is 199 g/mol. The third kappa shape index (κ3) is 3.58. The highest BCUT2D eigenvalue weighted by molar-refractivity contribution is 4.79. The molecule has 1 fully saturated rings. The second-order valence-corrected chi connectivity index (χ2v) is 4.52. The zero-order chi connectivity index (χ0) is 10.4. The van der Waals surface area contributed by atoms with E-state index < -0.39 is 0 Å². The van der Waals surface area contributed by atoms with Crippen molar-refractivity contribution < 1.29 is 4.74 Å². The molecule has 1 aliphatic rings. The van der Waals surface area contributed by atoms with Gasteiger partial charge in [-0.3, -0.25) is 0 Å². The van der Waals surface area contributed by atoms with Crippen LogP contribution in [0.3, 0.4) is 0 Å². The molecule has 1 rings (SSSR count). The predicted octanol–water partition coefficient (Wildman–Crippen LogP) is 2.57. The third-order valence-corrected chi connectivity index (χ3v) is 3.52. The van der Waals surface area contributed by atoms with Gasteiger partial charge in [-0.05, 0) is 31.6 Å². The number of nitrogens with two attached hydrogens (primary N) is 1. The van der Waals surface area contributed by atoms with Crippen molar-refractivity contribution in [2.75, 3.05) is 13.2 Å². The van der Waals surface area contributed by atoms with Crippen LogP contribution in [0.2, 0.25) is 0 Å². The Morgan fingerprint density at radius 2 is 2.14 bits per heavy atom. The standard InChI is InChI=1S/C12H25NO/c1-3-10-6-5-7-11(8-10)12(13)9-14-4-2/h10-12H,3-9,13H2,1-2H3. The van der Waals surface area contributed by atoms with E-state index in [9.17, 15) is 0 Å². The zero-order valence-corrected chi connectivity index (χ0v) is 9.67. The zero-order valence-electron chi connectivity index (χ0n) is 9.67. The van der Waals surface area contributed by atoms with Gasteiger partial charge in [0.1, 0.15) is 0 Å². The van der Waals surface area contributed by atoms with Crippen LogP contribution in [0.4, 0.5) is 0 Å². The Hall–Kier alpha value is -0.0800. The molecule has 0 aromatic carbocycles. The van der Waals surface area contributed by atoms with E-state index in [2.05, 4.69) is 6.92 Å². The third-order valence-electron chi connectivity index (χ3n) is 3.52. The fourth-order valence-electron chi connectivity index (χ4n) is 2.48. The number of hydrogen-bond acceptors (Lipinski definition) is 2. The first-order chi connectivity index (χ1) is 6.77. The molecule has 1 saturated carbocycles. The van der Waals surface area contributed by atoms with Gasteiger partial charge >= 0.3 is 0 Å². The molecule has 2 N–H and O–H groups in total. The molecule has 0 spiro atoms. The lowest BCUT2D eigenvalue weighted by molar-refractivity contribution is 0.0993. The van der Waals surface area contributed by atoms with Crippen molar-refractivity contribution in [2.24, 2.45) is 17.6 Å². The molecule has 0 aliphatic heterocycles. The minimum Gasteiger partial charge on any atom is -0.380 e. The largest absolute Gasteiger partial charge is 0.380 e. The van der Waals surface area contributed by atoms with Gasteiger partial charge in [0.25, 0.3) is 0 Å². The van der Waals surface area contributed by atoms with Crippen molar-refractivity contribution in [2.45, 2.75) is 52.0 Å². The normalized spacial score (nSPS) is 30.2. The van der Waals surface area contributed by atoms with Gasteiger partial charge in [0.2, 0.25) is 0 Å². The summed E-state index contributed by atoms with van der Waals surface area (Å²) in [4.78, 5) is 0. The molecular weight excluding hydrogens is 174 g/mol. The lowest BCUT2D eigenvalue weighted by Gasteiger charge is -2.32. The Bertz CT molecular complexity index is 149. The number of rotatable bonds is 5. The van der Waals surface area contributed by atoms with Crippen molar-refractivity contribution >= 4 is 0 Å². The lowest BCUT2D eigenvalue weighted by Crippen LogP contribution is -2.37. The molecule has 3 unspecified atom stereocenters. The maximum absolute atomic E-state index is 6.13. The van der Waals surface area contributed by atoms with Gasteiger partial charge in [0.05, 0.1) is 6.61 Å². The molecular formula is C12H25NO. The first kappa shape index (κ1) is 12.0. The highest BCUT2D eigenvalue weighted by Gasteiger charge is 2.25. The van der Waals surface area contributed by atoms with E-state index in [-0.39, 0.29) is 6.04 Å². The van der Waals surface area contributed by atoms with Crippen molar-refractivity contribution in [3.8, 4) is 0 Å². The summed E-state index contributed by atoms with van der Waals surface area (Å²) in [5, 5.41) is 0. The Balaban J connectivity index is 2.27. The monoisotopic (exact) mass is 199 g/mol. The minimum atomic E-state index is 0.268. The van der Waals surface area contributed by atoms with Gasteiger partial charge < -0.3 is 10.5 Å². The van der Waals surface area contributed by atoms with Crippen molar-refractivity contribution in [3.05, 3.63) is 0 Å². The van der Waals surface area contributed by atoms with Crippen LogP contribution in [0, 0.1) is 11.8 Å². The first-order valence-corrected chi connectivity index (χ1v) is 6.11. The average Bonchev–Trinajstić information content (AvgIpc) is 2.26. The van der Waals surface area contributed by atoms with Crippen LogP contribution in [0.1, 0.15) is 46.0 Å². The molecule has 0 heterocycles. The Morgan fingerprint density at radius 3 is 2.79 bits per heavy atom. The second-order valence-electron chi connectivity index (χ2n) is 4.52. The van der Waals surface area contributed by atoms with E-state index in [1.807, 2.05) is 6.92 Å². The Kier molecular flexibility index (Phi) is 5.49. The predicted molar refractivity (Wildman–Crippen MR) is 60.2 cm³/mol. The Labute approximate surface area is 88.2 Å². The van der Waals surface area contributed by atoms with Crippen molar-refractivity contribution in [1.29, 1.82) is 0 Å². The maximum Gasteiger partial charge on any atom is 0.0620 e. The van der Waals surface area contributed by atoms with Gasteiger partial charge in [0.15, 0.2) is 0 Å². The minimum absolute atomic E-state index is 0.268. The molecule has 14 heavy (non-hydrogen) atoms. The molecule has 0 amide bonds. The fraction of sp³-hybridized carbons (Fsp3) is 1.00. The van der Waals surface area contributed by atoms with Gasteiger partial charge in [-0.2, -0.15) is 0 Å². The van der Waals surface area contributed by atoms with E-state index in [1.165, 1.54) is 32.1 Å². The summed E-state index contributed by atoms with van der Waals surface area (Å²) < 4.78 is 5.39. The maximum atomic E-state index is 6.13. The van der Waals surface area contributed by atoms with Gasteiger partial charge in [0, 0.05) is 12.6 Å². The Morgan fingerprint density at radius 1 is 1.36 bits per heavy atom. The van der Waals surface area contributed by atoms with Crippen LogP contribution < -0.4 is 5.73 Å². The van der Waals surface area contributed by atoms with Crippen LogP contribution in [0.15, 0.2) is 0 Å². The topological polar surface area (TPSA) is 35.2 Å². The molecule has 0 bridgehead atoms. The summed E-state index contributed by atoms with van der Waals surface area (Å²) in [5.41, 5.74) is 6.13. The summed E-state index contributed by atoms with van der Waals surface area (Å²) in [5.74, 6) is 1.63. The molecule has 2 nitrogen and oxygen atoms in total. The van der Waals surface area contributed by atoms with Gasteiger partial charge in [-0.1, -0.05) is 26.2 Å². The molecule has 0 radical (unpaired) electrons. The fourth-order valence-corrected chi connectivity index (χ4v) is 2.48. The van der Waals surface area contributed by atoms with Crippen LogP contribution in [0.5, 0.6) is 0 Å². The van der Waals surface area contributed by atoms with E-state index in [0.29, 0.717) is 5.92 Å². The highest BCUT2D eigenvalue weighted by atomic mass is 16.5. The van der Waals surface area contributed by atoms with Crippen LogP contribution in [-0.2, 0) is 4.74 Å². The van der Waals surface area contributed by atoms with Gasteiger partial charge in [-0.25, -0.2) is 0 Å². The number of ether oxygens (including phenoxy) is 1. The van der Waals surface area contributed by atoms with Crippen molar-refractivity contribution in [3.63, 3.8) is 0 Å². The molecule has 3 atom stereocenters. The van der Waals surface area contributed by atoms with Crippen molar-refractivity contribution in [1.82, 2.24) is 0 Å². The molecule has 0 saturated heterocycles. The SMILES string of the molecule is CCOCC(N)C1CCCC(CC)C1. The molecule has 0 aromatic heterocycles. The molecule has 0 aromatic rings. The van der Waals surface area contributed by atoms with Crippen LogP contribution in [0.25, 0.3) is 0 Å². The quantitative estimate of drug-likeness (QED) is 0.738. The van der Waals surface area contributed by atoms with Crippen LogP contribution in [-0.4, -0.2) is 19.3 Å².